The Hall–Kier alpha value is -1.94. The molecule has 0 bridgehead atoms. The van der Waals surface area contributed by atoms with Crippen LogP contribution in [-0.2, 0) is 9.84 Å². The van der Waals surface area contributed by atoms with Crippen molar-refractivity contribution in [3.05, 3.63) is 29.6 Å². The molecule has 1 N–H and O–H groups in total. The van der Waals surface area contributed by atoms with Crippen LogP contribution >= 0.6 is 0 Å². The molecule has 2 rings (SSSR count). The molecule has 0 atom stereocenters. The zero-order valence-electron chi connectivity index (χ0n) is 10.2. The Kier molecular flexibility index (Phi) is 3.81. The summed E-state index contributed by atoms with van der Waals surface area (Å²) in [6, 6.07) is 4.79. The molecule has 1 aliphatic heterocycles. The van der Waals surface area contributed by atoms with Crippen LogP contribution in [0.2, 0.25) is 0 Å². The van der Waals surface area contributed by atoms with Gasteiger partial charge in [0, 0.05) is 12.2 Å². The predicted molar refractivity (Wildman–Crippen MR) is 68.1 cm³/mol. The maximum atomic E-state index is 11.9. The summed E-state index contributed by atoms with van der Waals surface area (Å²) in [5.74, 6) is -0.119. The number of carbonyl (C=O) groups is 1. The molecule has 1 fully saturated rings. The van der Waals surface area contributed by atoms with Gasteiger partial charge in [-0.3, -0.25) is 4.79 Å². The smallest absolute Gasteiger partial charge is 0.270 e. The second-order valence-electron chi connectivity index (χ2n) is 4.44. The fraction of sp³-hybridized carbons (Fsp3) is 0.417. The van der Waals surface area contributed by atoms with E-state index in [9.17, 15) is 13.2 Å². The van der Waals surface area contributed by atoms with Crippen molar-refractivity contribution >= 4 is 15.7 Å². The number of hydrogen-bond donors (Lipinski definition) is 1. The fourth-order valence-electron chi connectivity index (χ4n) is 1.89. The first-order chi connectivity index (χ1) is 9.00. The summed E-state index contributed by atoms with van der Waals surface area (Å²) in [5.41, 5.74) is 0.618. The van der Waals surface area contributed by atoms with Crippen LogP contribution < -0.4 is 5.32 Å². The van der Waals surface area contributed by atoms with Crippen molar-refractivity contribution in [1.82, 2.24) is 10.3 Å². The Morgan fingerprint density at radius 3 is 2.58 bits per heavy atom. The molecule has 2 heterocycles. The second kappa shape index (κ2) is 5.36. The van der Waals surface area contributed by atoms with Crippen LogP contribution in [0.5, 0.6) is 0 Å². The highest BCUT2D eigenvalue weighted by molar-refractivity contribution is 7.91. The number of nitriles is 1. The first-order valence-electron chi connectivity index (χ1n) is 5.87. The molecule has 0 saturated carbocycles. The average Bonchev–Trinajstić information content (AvgIpc) is 2.41. The number of carbonyl (C=O) groups excluding carboxylic acids is 1. The maximum Gasteiger partial charge on any atom is 0.270 e. The lowest BCUT2D eigenvalue weighted by Gasteiger charge is -2.22. The van der Waals surface area contributed by atoms with Crippen LogP contribution in [0, 0.1) is 11.3 Å². The Labute approximate surface area is 111 Å². The van der Waals surface area contributed by atoms with Crippen molar-refractivity contribution in [2.45, 2.75) is 18.9 Å². The molecule has 1 aromatic heterocycles. The van der Waals surface area contributed by atoms with Gasteiger partial charge in [-0.15, -0.1) is 0 Å². The Morgan fingerprint density at radius 1 is 1.37 bits per heavy atom. The van der Waals surface area contributed by atoms with Gasteiger partial charge in [0.15, 0.2) is 0 Å². The lowest BCUT2D eigenvalue weighted by molar-refractivity contribution is 0.0929. The van der Waals surface area contributed by atoms with Crippen molar-refractivity contribution in [3.63, 3.8) is 0 Å². The lowest BCUT2D eigenvalue weighted by Crippen LogP contribution is -2.41. The number of nitrogens with zero attached hydrogens (tertiary/aromatic N) is 2. The van der Waals surface area contributed by atoms with Crippen LogP contribution in [0.3, 0.4) is 0 Å². The molecule has 0 unspecified atom stereocenters. The first kappa shape index (κ1) is 13.5. The minimum absolute atomic E-state index is 0.110. The van der Waals surface area contributed by atoms with E-state index in [1.54, 1.807) is 0 Å². The molecule has 100 valence electrons. The van der Waals surface area contributed by atoms with E-state index < -0.39 is 9.84 Å². The normalized spacial score (nSPS) is 18.5. The Bertz CT molecular complexity index is 603. The number of hydrogen-bond acceptors (Lipinski definition) is 5. The molecule has 1 aromatic rings. The summed E-state index contributed by atoms with van der Waals surface area (Å²) >= 11 is 0. The van der Waals surface area contributed by atoms with E-state index in [4.69, 9.17) is 5.26 Å². The number of amides is 1. The van der Waals surface area contributed by atoms with Crippen LogP contribution in [0.4, 0.5) is 0 Å². The number of pyridine rings is 1. The topological polar surface area (TPSA) is 99.9 Å². The average molecular weight is 279 g/mol. The van der Waals surface area contributed by atoms with Gasteiger partial charge in [0.2, 0.25) is 0 Å². The van der Waals surface area contributed by atoms with Gasteiger partial charge in [0.25, 0.3) is 5.91 Å². The molecule has 19 heavy (non-hydrogen) atoms. The van der Waals surface area contributed by atoms with E-state index in [2.05, 4.69) is 10.3 Å². The summed E-state index contributed by atoms with van der Waals surface area (Å²) < 4.78 is 22.5. The zero-order valence-corrected chi connectivity index (χ0v) is 11.0. The number of sulfone groups is 1. The number of rotatable bonds is 2. The van der Waals surface area contributed by atoms with E-state index in [0.29, 0.717) is 18.4 Å². The highest BCUT2D eigenvalue weighted by atomic mass is 32.2. The van der Waals surface area contributed by atoms with Crippen molar-refractivity contribution in [1.29, 1.82) is 5.26 Å². The summed E-state index contributed by atoms with van der Waals surface area (Å²) in [5, 5.41) is 11.4. The van der Waals surface area contributed by atoms with Gasteiger partial charge in [0.05, 0.1) is 17.1 Å². The van der Waals surface area contributed by atoms with E-state index in [-0.39, 0.29) is 29.1 Å². The highest BCUT2D eigenvalue weighted by Gasteiger charge is 2.25. The van der Waals surface area contributed by atoms with Gasteiger partial charge in [-0.25, -0.2) is 13.4 Å². The molecule has 1 aliphatic rings. The van der Waals surface area contributed by atoms with Crippen LogP contribution in [0.1, 0.15) is 28.9 Å². The van der Waals surface area contributed by atoms with E-state index in [1.165, 1.54) is 18.3 Å². The van der Waals surface area contributed by atoms with Crippen molar-refractivity contribution in [2.24, 2.45) is 0 Å². The molecule has 0 radical (unpaired) electrons. The third-order valence-corrected chi connectivity index (χ3v) is 4.73. The van der Waals surface area contributed by atoms with Gasteiger partial charge < -0.3 is 5.32 Å². The van der Waals surface area contributed by atoms with Crippen molar-refractivity contribution in [2.75, 3.05) is 11.5 Å². The summed E-state index contributed by atoms with van der Waals surface area (Å²) in [4.78, 5) is 15.8. The lowest BCUT2D eigenvalue weighted by atomic mass is 10.1. The van der Waals surface area contributed by atoms with Crippen LogP contribution in [0.25, 0.3) is 0 Å². The molecule has 0 aromatic carbocycles. The summed E-state index contributed by atoms with van der Waals surface area (Å²) in [6.07, 6.45) is 2.20. The predicted octanol–water partition coefficient (Wildman–Crippen LogP) is 0.260. The summed E-state index contributed by atoms with van der Waals surface area (Å²) in [6.45, 7) is 0. The molecule has 0 aliphatic carbocycles. The molecule has 1 amide bonds. The Morgan fingerprint density at radius 2 is 2.05 bits per heavy atom. The SMILES string of the molecule is N#Cc1ccc(C(=O)NC2CCS(=O)(=O)CC2)nc1. The van der Waals surface area contributed by atoms with Crippen LogP contribution in [0.15, 0.2) is 18.3 Å². The third-order valence-electron chi connectivity index (χ3n) is 3.02. The first-order valence-corrected chi connectivity index (χ1v) is 7.70. The van der Waals surface area contributed by atoms with E-state index >= 15 is 0 Å². The number of nitrogens with one attached hydrogen (secondary N) is 1. The van der Waals surface area contributed by atoms with Gasteiger partial charge in [0.1, 0.15) is 21.6 Å². The maximum absolute atomic E-state index is 11.9. The number of aromatic nitrogens is 1. The minimum Gasteiger partial charge on any atom is -0.348 e. The fourth-order valence-corrected chi connectivity index (χ4v) is 3.38. The third kappa shape index (κ3) is 3.51. The largest absolute Gasteiger partial charge is 0.348 e. The van der Waals surface area contributed by atoms with Gasteiger partial charge in [-0.05, 0) is 25.0 Å². The van der Waals surface area contributed by atoms with Gasteiger partial charge in [-0.2, -0.15) is 5.26 Å². The van der Waals surface area contributed by atoms with Crippen LogP contribution in [-0.4, -0.2) is 36.9 Å². The molecular formula is C12H13N3O3S. The Balaban J connectivity index is 1.96. The zero-order chi connectivity index (χ0) is 13.9. The minimum atomic E-state index is -2.93. The molecule has 0 spiro atoms. The summed E-state index contributed by atoms with van der Waals surface area (Å²) in [7, 11) is -2.93. The van der Waals surface area contributed by atoms with Crippen molar-refractivity contribution < 1.29 is 13.2 Å². The van der Waals surface area contributed by atoms with E-state index in [1.807, 2.05) is 6.07 Å². The van der Waals surface area contributed by atoms with Gasteiger partial charge in [-0.1, -0.05) is 0 Å². The van der Waals surface area contributed by atoms with Crippen molar-refractivity contribution in [3.8, 4) is 6.07 Å². The quantitative estimate of drug-likeness (QED) is 0.837. The second-order valence-corrected chi connectivity index (χ2v) is 6.75. The van der Waals surface area contributed by atoms with E-state index in [0.717, 1.165) is 0 Å². The molecule has 6 nitrogen and oxygen atoms in total. The molecule has 1 saturated heterocycles. The molecular weight excluding hydrogens is 266 g/mol. The standard InChI is InChI=1S/C12H13N3O3S/c13-7-9-1-2-11(14-8-9)12(16)15-10-3-5-19(17,18)6-4-10/h1-2,8,10H,3-6H2,(H,15,16). The monoisotopic (exact) mass is 279 g/mol. The molecule has 7 heteroatoms. The van der Waals surface area contributed by atoms with Gasteiger partial charge >= 0.3 is 0 Å². The highest BCUT2D eigenvalue weighted by Crippen LogP contribution is 2.12.